The molecule has 0 spiro atoms. The fraction of sp³-hybridized carbons (Fsp3) is 0.0714. The minimum absolute atomic E-state index is 0.0131. The Bertz CT molecular complexity index is 869. The number of phenols is 1. The lowest BCUT2D eigenvalue weighted by atomic mass is 10.2. The van der Waals surface area contributed by atoms with Crippen LogP contribution in [0.4, 0.5) is 0 Å². The van der Waals surface area contributed by atoms with E-state index in [1.807, 2.05) is 0 Å². The number of thiazole rings is 1. The van der Waals surface area contributed by atoms with E-state index in [4.69, 9.17) is 4.74 Å². The Morgan fingerprint density at radius 1 is 1.38 bits per heavy atom. The van der Waals surface area contributed by atoms with Gasteiger partial charge in [0.15, 0.2) is 4.96 Å². The zero-order chi connectivity index (χ0) is 14.8. The Balaban J connectivity index is 1.77. The van der Waals surface area contributed by atoms with Gasteiger partial charge in [-0.25, -0.2) is 9.78 Å². The van der Waals surface area contributed by atoms with Gasteiger partial charge >= 0.3 is 5.97 Å². The highest BCUT2D eigenvalue weighted by molar-refractivity contribution is 7.15. The minimum Gasteiger partial charge on any atom is -0.508 e. The molecular weight excluding hydrogens is 292 g/mol. The molecule has 0 saturated carbocycles. The number of rotatable bonds is 3. The summed E-state index contributed by atoms with van der Waals surface area (Å²) in [5.41, 5.74) is 0.407. The van der Waals surface area contributed by atoms with Crippen LogP contribution in [0.5, 0.6) is 5.75 Å². The molecule has 0 amide bonds. The lowest BCUT2D eigenvalue weighted by molar-refractivity contribution is 0.0467. The highest BCUT2D eigenvalue weighted by atomic mass is 32.1. The Morgan fingerprint density at radius 2 is 2.24 bits per heavy atom. The van der Waals surface area contributed by atoms with Gasteiger partial charge in [0.1, 0.15) is 12.4 Å². The van der Waals surface area contributed by atoms with Gasteiger partial charge < -0.3 is 9.84 Å². The van der Waals surface area contributed by atoms with E-state index in [0.29, 0.717) is 10.7 Å². The van der Waals surface area contributed by atoms with Crippen molar-refractivity contribution in [2.45, 2.75) is 6.61 Å². The second kappa shape index (κ2) is 5.37. The third-order valence-electron chi connectivity index (χ3n) is 2.79. The van der Waals surface area contributed by atoms with E-state index in [1.54, 1.807) is 17.6 Å². The summed E-state index contributed by atoms with van der Waals surface area (Å²) in [6.45, 7) is -0.0991. The van der Waals surface area contributed by atoms with Crippen molar-refractivity contribution in [1.29, 1.82) is 0 Å². The zero-order valence-electron chi connectivity index (χ0n) is 10.7. The highest BCUT2D eigenvalue weighted by Gasteiger charge is 2.10. The number of fused-ring (bicyclic) bond motifs is 1. The van der Waals surface area contributed by atoms with E-state index in [9.17, 15) is 14.7 Å². The molecule has 0 fully saturated rings. The fourth-order valence-electron chi connectivity index (χ4n) is 1.82. The molecule has 6 nitrogen and oxygen atoms in total. The summed E-state index contributed by atoms with van der Waals surface area (Å²) < 4.78 is 6.52. The van der Waals surface area contributed by atoms with E-state index in [-0.39, 0.29) is 23.5 Å². The summed E-state index contributed by atoms with van der Waals surface area (Å²) in [6.07, 6.45) is 1.64. The first kappa shape index (κ1) is 13.3. The Labute approximate surface area is 122 Å². The molecule has 2 aromatic heterocycles. The normalized spacial score (nSPS) is 10.7. The van der Waals surface area contributed by atoms with Crippen molar-refractivity contribution < 1.29 is 14.6 Å². The molecule has 2 heterocycles. The van der Waals surface area contributed by atoms with Gasteiger partial charge in [-0.1, -0.05) is 6.07 Å². The van der Waals surface area contributed by atoms with E-state index < -0.39 is 5.97 Å². The Hall–Kier alpha value is -2.67. The number of nitrogens with zero attached hydrogens (tertiary/aromatic N) is 2. The molecule has 0 aliphatic carbocycles. The topological polar surface area (TPSA) is 80.9 Å². The molecule has 0 bridgehead atoms. The summed E-state index contributed by atoms with van der Waals surface area (Å²) in [5.74, 6) is -0.597. The predicted octanol–water partition coefficient (Wildman–Crippen LogP) is 1.82. The second-order valence-corrected chi connectivity index (χ2v) is 5.14. The van der Waals surface area contributed by atoms with Crippen LogP contribution in [0, 0.1) is 0 Å². The molecule has 3 rings (SSSR count). The molecule has 0 radical (unpaired) electrons. The highest BCUT2D eigenvalue weighted by Crippen LogP contribution is 2.13. The largest absolute Gasteiger partial charge is 0.508 e. The lowest BCUT2D eigenvalue weighted by Gasteiger charge is -2.05. The molecule has 0 saturated heterocycles. The van der Waals surface area contributed by atoms with Gasteiger partial charge in [-0.3, -0.25) is 9.20 Å². The van der Waals surface area contributed by atoms with Crippen molar-refractivity contribution in [3.8, 4) is 5.75 Å². The number of hydrogen-bond donors (Lipinski definition) is 1. The van der Waals surface area contributed by atoms with Gasteiger partial charge in [0.25, 0.3) is 5.56 Å². The van der Waals surface area contributed by atoms with Crippen molar-refractivity contribution in [3.05, 3.63) is 63.5 Å². The van der Waals surface area contributed by atoms with Gasteiger partial charge in [-0.15, -0.1) is 11.3 Å². The first-order valence-electron chi connectivity index (χ1n) is 6.05. The number of ether oxygens (including phenoxy) is 1. The second-order valence-electron chi connectivity index (χ2n) is 4.27. The van der Waals surface area contributed by atoms with E-state index in [1.165, 1.54) is 40.0 Å². The van der Waals surface area contributed by atoms with Gasteiger partial charge in [0.2, 0.25) is 0 Å². The quantitative estimate of drug-likeness (QED) is 0.746. The molecule has 7 heteroatoms. The third kappa shape index (κ3) is 2.77. The van der Waals surface area contributed by atoms with Crippen LogP contribution < -0.4 is 5.56 Å². The summed E-state index contributed by atoms with van der Waals surface area (Å²) in [7, 11) is 0. The Morgan fingerprint density at radius 3 is 3.05 bits per heavy atom. The van der Waals surface area contributed by atoms with Crippen molar-refractivity contribution in [1.82, 2.24) is 9.38 Å². The molecule has 0 aliphatic heterocycles. The first-order valence-corrected chi connectivity index (χ1v) is 6.93. The molecule has 21 heavy (non-hydrogen) atoms. The molecular formula is C14H10N2O4S. The van der Waals surface area contributed by atoms with Crippen LogP contribution in [0.15, 0.2) is 46.7 Å². The standard InChI is InChI=1S/C14H10N2O4S/c17-11-3-1-2-9(6-11)13(19)20-8-10-7-12(18)16-4-5-21-14(16)15-10/h1-7,17H,8H2. The maximum atomic E-state index is 11.8. The molecule has 3 aromatic rings. The lowest BCUT2D eigenvalue weighted by Crippen LogP contribution is -2.14. The zero-order valence-corrected chi connectivity index (χ0v) is 11.5. The van der Waals surface area contributed by atoms with Crippen LogP contribution >= 0.6 is 11.3 Å². The maximum absolute atomic E-state index is 11.8. The van der Waals surface area contributed by atoms with Crippen molar-refractivity contribution in [2.75, 3.05) is 0 Å². The average molecular weight is 302 g/mol. The van der Waals surface area contributed by atoms with Crippen molar-refractivity contribution in [2.24, 2.45) is 0 Å². The van der Waals surface area contributed by atoms with Gasteiger partial charge in [0.05, 0.1) is 11.3 Å². The molecule has 0 unspecified atom stereocenters. The molecule has 0 aliphatic rings. The SMILES string of the molecule is O=C(OCc1cc(=O)n2ccsc2n1)c1cccc(O)c1. The van der Waals surface area contributed by atoms with Gasteiger partial charge in [-0.05, 0) is 18.2 Å². The van der Waals surface area contributed by atoms with Crippen LogP contribution in [0.1, 0.15) is 16.1 Å². The van der Waals surface area contributed by atoms with Gasteiger partial charge in [0, 0.05) is 17.6 Å². The number of aromatic hydroxyl groups is 1. The monoisotopic (exact) mass is 302 g/mol. The summed E-state index contributed by atoms with van der Waals surface area (Å²) in [5, 5.41) is 11.1. The van der Waals surface area contributed by atoms with E-state index in [0.717, 1.165) is 0 Å². The number of carbonyl (C=O) groups is 1. The maximum Gasteiger partial charge on any atom is 0.338 e. The third-order valence-corrected chi connectivity index (χ3v) is 3.55. The molecule has 1 aromatic carbocycles. The number of aromatic nitrogens is 2. The minimum atomic E-state index is -0.584. The summed E-state index contributed by atoms with van der Waals surface area (Å²) in [6, 6.07) is 7.19. The van der Waals surface area contributed by atoms with Crippen molar-refractivity contribution >= 4 is 22.3 Å². The predicted molar refractivity (Wildman–Crippen MR) is 76.6 cm³/mol. The van der Waals surface area contributed by atoms with Crippen LogP contribution in [0.3, 0.4) is 0 Å². The molecule has 106 valence electrons. The summed E-state index contributed by atoms with van der Waals surface area (Å²) in [4.78, 5) is 28.4. The van der Waals surface area contributed by atoms with Crippen molar-refractivity contribution in [3.63, 3.8) is 0 Å². The van der Waals surface area contributed by atoms with E-state index in [2.05, 4.69) is 4.98 Å². The number of esters is 1. The van der Waals surface area contributed by atoms with E-state index >= 15 is 0 Å². The Kier molecular flexibility index (Phi) is 3.41. The average Bonchev–Trinajstić information content (AvgIpc) is 2.93. The fourth-order valence-corrected chi connectivity index (χ4v) is 2.56. The molecule has 1 N–H and O–H groups in total. The number of phenolic OH excluding ortho intramolecular Hbond substituents is 1. The first-order chi connectivity index (χ1) is 10.1. The molecule has 0 atom stereocenters. The van der Waals surface area contributed by atoms with Crippen LogP contribution in [-0.4, -0.2) is 20.5 Å². The van der Waals surface area contributed by atoms with Gasteiger partial charge in [-0.2, -0.15) is 0 Å². The van der Waals surface area contributed by atoms with Crippen LogP contribution in [0.25, 0.3) is 4.96 Å². The summed E-state index contributed by atoms with van der Waals surface area (Å²) >= 11 is 1.33. The van der Waals surface area contributed by atoms with Crippen LogP contribution in [0.2, 0.25) is 0 Å². The smallest absolute Gasteiger partial charge is 0.338 e. The van der Waals surface area contributed by atoms with Crippen LogP contribution in [-0.2, 0) is 11.3 Å². The number of carbonyl (C=O) groups excluding carboxylic acids is 1. The number of benzene rings is 1. The number of hydrogen-bond acceptors (Lipinski definition) is 6.